The smallest absolute Gasteiger partial charge is 0.137 e. The Morgan fingerprint density at radius 2 is 1.95 bits per heavy atom. The first-order chi connectivity index (χ1) is 10.3. The van der Waals surface area contributed by atoms with Crippen molar-refractivity contribution in [2.45, 2.75) is 0 Å². The van der Waals surface area contributed by atoms with Crippen LogP contribution in [0.1, 0.15) is 0 Å². The summed E-state index contributed by atoms with van der Waals surface area (Å²) in [6, 6.07) is 11.8. The van der Waals surface area contributed by atoms with Gasteiger partial charge in [-0.1, -0.05) is 29.8 Å². The molecular formula is C17H11ClN2O. The van der Waals surface area contributed by atoms with Crippen molar-refractivity contribution < 1.29 is 4.42 Å². The number of nitrogens with one attached hydrogen (secondary N) is 1. The van der Waals surface area contributed by atoms with E-state index >= 15 is 0 Å². The largest absolute Gasteiger partial charge is 0.472 e. The lowest BCUT2D eigenvalue weighted by Crippen LogP contribution is -1.83. The minimum atomic E-state index is 0.721. The number of H-pyrrole nitrogens is 1. The van der Waals surface area contributed by atoms with Crippen LogP contribution < -0.4 is 0 Å². The highest BCUT2D eigenvalue weighted by Crippen LogP contribution is 2.33. The second-order valence-electron chi connectivity index (χ2n) is 4.81. The van der Waals surface area contributed by atoms with Gasteiger partial charge >= 0.3 is 0 Å². The Kier molecular flexibility index (Phi) is 2.79. The van der Waals surface area contributed by atoms with E-state index in [2.05, 4.69) is 16.0 Å². The SMILES string of the molecule is Clc1ccccc1-c1cnc2[nH]cc(-c3ccoc3)c2c1. The molecule has 21 heavy (non-hydrogen) atoms. The van der Waals surface area contributed by atoms with E-state index in [1.807, 2.05) is 42.7 Å². The predicted octanol–water partition coefficient (Wildman–Crippen LogP) is 5.14. The molecule has 0 amide bonds. The Morgan fingerprint density at radius 3 is 2.76 bits per heavy atom. The van der Waals surface area contributed by atoms with Gasteiger partial charge in [0.05, 0.1) is 12.5 Å². The van der Waals surface area contributed by atoms with E-state index in [1.165, 1.54) is 0 Å². The molecule has 0 fully saturated rings. The van der Waals surface area contributed by atoms with Crippen LogP contribution in [0.5, 0.6) is 0 Å². The minimum absolute atomic E-state index is 0.721. The van der Waals surface area contributed by atoms with Crippen LogP contribution in [0.4, 0.5) is 0 Å². The Hall–Kier alpha value is -2.52. The van der Waals surface area contributed by atoms with Gasteiger partial charge in [-0.3, -0.25) is 0 Å². The quantitative estimate of drug-likeness (QED) is 0.556. The number of hydrogen-bond acceptors (Lipinski definition) is 2. The molecule has 0 atom stereocenters. The second-order valence-corrected chi connectivity index (χ2v) is 5.22. The van der Waals surface area contributed by atoms with Crippen LogP contribution in [0.3, 0.4) is 0 Å². The predicted molar refractivity (Wildman–Crippen MR) is 84.2 cm³/mol. The summed E-state index contributed by atoms with van der Waals surface area (Å²) in [5, 5.41) is 1.77. The molecule has 0 aliphatic carbocycles. The van der Waals surface area contributed by atoms with Crippen molar-refractivity contribution in [3.05, 3.63) is 66.3 Å². The Bertz CT molecular complexity index is 910. The molecule has 0 aliphatic heterocycles. The van der Waals surface area contributed by atoms with Gasteiger partial charge in [-0.15, -0.1) is 0 Å². The summed E-state index contributed by atoms with van der Waals surface area (Å²) >= 11 is 6.27. The highest BCUT2D eigenvalue weighted by molar-refractivity contribution is 6.33. The molecule has 4 rings (SSSR count). The first-order valence-electron chi connectivity index (χ1n) is 6.57. The van der Waals surface area contributed by atoms with E-state index in [9.17, 15) is 0 Å². The third-order valence-corrected chi connectivity index (χ3v) is 3.88. The van der Waals surface area contributed by atoms with Gasteiger partial charge in [-0.2, -0.15) is 0 Å². The first-order valence-corrected chi connectivity index (χ1v) is 6.95. The van der Waals surface area contributed by atoms with E-state index in [4.69, 9.17) is 16.0 Å². The summed E-state index contributed by atoms with van der Waals surface area (Å²) in [5.41, 5.74) is 4.92. The molecular weight excluding hydrogens is 284 g/mol. The Labute approximate surface area is 126 Å². The van der Waals surface area contributed by atoms with E-state index in [0.717, 1.165) is 38.3 Å². The Balaban J connectivity index is 1.94. The lowest BCUT2D eigenvalue weighted by molar-refractivity contribution is 0.568. The van der Waals surface area contributed by atoms with Gasteiger partial charge in [-0.25, -0.2) is 4.98 Å². The van der Waals surface area contributed by atoms with Crippen LogP contribution in [-0.4, -0.2) is 9.97 Å². The lowest BCUT2D eigenvalue weighted by Gasteiger charge is -2.04. The monoisotopic (exact) mass is 294 g/mol. The fourth-order valence-corrected chi connectivity index (χ4v) is 2.75. The molecule has 4 heteroatoms. The van der Waals surface area contributed by atoms with Crippen LogP contribution in [0, 0.1) is 0 Å². The van der Waals surface area contributed by atoms with Crippen molar-refractivity contribution in [3.8, 4) is 22.3 Å². The van der Waals surface area contributed by atoms with Crippen LogP contribution in [0.15, 0.2) is 65.7 Å². The minimum Gasteiger partial charge on any atom is -0.472 e. The molecule has 0 aliphatic rings. The van der Waals surface area contributed by atoms with Crippen LogP contribution in [-0.2, 0) is 0 Å². The van der Waals surface area contributed by atoms with Crippen molar-refractivity contribution in [2.24, 2.45) is 0 Å². The topological polar surface area (TPSA) is 41.8 Å². The van der Waals surface area contributed by atoms with Crippen molar-refractivity contribution in [2.75, 3.05) is 0 Å². The summed E-state index contributed by atoms with van der Waals surface area (Å²) in [6.07, 6.45) is 7.17. The number of rotatable bonds is 2. The van der Waals surface area contributed by atoms with E-state index in [1.54, 1.807) is 12.5 Å². The standard InChI is InChI=1S/C17H11ClN2O/c18-16-4-2-1-3-13(16)12-7-14-15(11-5-6-21-10-11)9-20-17(14)19-8-12/h1-10H,(H,19,20). The first kappa shape index (κ1) is 12.2. The van der Waals surface area contributed by atoms with Gasteiger partial charge in [0.15, 0.2) is 0 Å². The average Bonchev–Trinajstić information content (AvgIpc) is 3.16. The highest BCUT2D eigenvalue weighted by atomic mass is 35.5. The third-order valence-electron chi connectivity index (χ3n) is 3.55. The number of furan rings is 1. The normalized spacial score (nSPS) is 11.1. The molecule has 4 aromatic rings. The summed E-state index contributed by atoms with van der Waals surface area (Å²) in [5.74, 6) is 0. The van der Waals surface area contributed by atoms with Gasteiger partial charge in [0.1, 0.15) is 5.65 Å². The van der Waals surface area contributed by atoms with Gasteiger partial charge < -0.3 is 9.40 Å². The van der Waals surface area contributed by atoms with Crippen molar-refractivity contribution in [1.29, 1.82) is 0 Å². The zero-order chi connectivity index (χ0) is 14.2. The maximum absolute atomic E-state index is 6.27. The molecule has 1 N–H and O–H groups in total. The van der Waals surface area contributed by atoms with Crippen LogP contribution in [0.25, 0.3) is 33.3 Å². The summed E-state index contributed by atoms with van der Waals surface area (Å²) in [4.78, 5) is 7.67. The maximum atomic E-state index is 6.27. The maximum Gasteiger partial charge on any atom is 0.137 e. The summed E-state index contributed by atoms with van der Waals surface area (Å²) in [7, 11) is 0. The summed E-state index contributed by atoms with van der Waals surface area (Å²) in [6.45, 7) is 0. The van der Waals surface area contributed by atoms with E-state index in [-0.39, 0.29) is 0 Å². The lowest BCUT2D eigenvalue weighted by atomic mass is 10.0. The van der Waals surface area contributed by atoms with Gasteiger partial charge in [0, 0.05) is 45.1 Å². The molecule has 0 radical (unpaired) electrons. The zero-order valence-electron chi connectivity index (χ0n) is 11.0. The van der Waals surface area contributed by atoms with Crippen molar-refractivity contribution >= 4 is 22.6 Å². The molecule has 0 unspecified atom stereocenters. The highest BCUT2D eigenvalue weighted by Gasteiger charge is 2.10. The van der Waals surface area contributed by atoms with Crippen LogP contribution in [0.2, 0.25) is 5.02 Å². The molecule has 0 spiro atoms. The molecule has 0 bridgehead atoms. The molecule has 102 valence electrons. The molecule has 3 aromatic heterocycles. The molecule has 3 heterocycles. The number of fused-ring (bicyclic) bond motifs is 1. The van der Waals surface area contributed by atoms with E-state index in [0.29, 0.717) is 0 Å². The van der Waals surface area contributed by atoms with Gasteiger partial charge in [0.2, 0.25) is 0 Å². The molecule has 0 saturated heterocycles. The second kappa shape index (κ2) is 4.79. The third kappa shape index (κ3) is 2.03. The van der Waals surface area contributed by atoms with Crippen molar-refractivity contribution in [1.82, 2.24) is 9.97 Å². The fraction of sp³-hybridized carbons (Fsp3) is 0. The molecule has 3 nitrogen and oxygen atoms in total. The number of pyridine rings is 1. The molecule has 1 aromatic carbocycles. The average molecular weight is 295 g/mol. The summed E-state index contributed by atoms with van der Waals surface area (Å²) < 4.78 is 5.17. The number of nitrogens with zero attached hydrogens (tertiary/aromatic N) is 1. The van der Waals surface area contributed by atoms with Crippen LogP contribution >= 0.6 is 11.6 Å². The number of halogens is 1. The zero-order valence-corrected chi connectivity index (χ0v) is 11.8. The number of benzene rings is 1. The van der Waals surface area contributed by atoms with E-state index < -0.39 is 0 Å². The number of hydrogen-bond donors (Lipinski definition) is 1. The van der Waals surface area contributed by atoms with Gasteiger partial charge in [-0.05, 0) is 18.2 Å². The Morgan fingerprint density at radius 1 is 1.05 bits per heavy atom. The molecule has 0 saturated carbocycles. The van der Waals surface area contributed by atoms with Gasteiger partial charge in [0.25, 0.3) is 0 Å². The number of aromatic nitrogens is 2. The van der Waals surface area contributed by atoms with Crippen molar-refractivity contribution in [3.63, 3.8) is 0 Å². The fourth-order valence-electron chi connectivity index (χ4n) is 2.50. The number of aromatic amines is 1.